The largest absolute Gasteiger partial charge is 0.417 e. The van der Waals surface area contributed by atoms with E-state index in [-0.39, 0.29) is 11.6 Å². The quantitative estimate of drug-likeness (QED) is 0.926. The smallest absolute Gasteiger partial charge is 0.335 e. The molecule has 0 aliphatic carbocycles. The van der Waals surface area contributed by atoms with Gasteiger partial charge in [0.05, 0.1) is 11.1 Å². The minimum absolute atomic E-state index is 0.0335. The number of alkyl halides is 3. The molecule has 0 aromatic heterocycles. The molecule has 1 aromatic rings. The molecule has 1 aromatic carbocycles. The molecule has 1 unspecified atom stereocenters. The van der Waals surface area contributed by atoms with Crippen molar-refractivity contribution in [3.63, 3.8) is 0 Å². The zero-order valence-electron chi connectivity index (χ0n) is 11.2. The first-order chi connectivity index (χ1) is 9.45. The van der Waals surface area contributed by atoms with Crippen LogP contribution in [0.5, 0.6) is 0 Å². The van der Waals surface area contributed by atoms with Crippen LogP contribution < -0.4 is 5.32 Å². The van der Waals surface area contributed by atoms with Crippen LogP contribution in [0.25, 0.3) is 0 Å². The van der Waals surface area contributed by atoms with Gasteiger partial charge in [0.25, 0.3) is 5.91 Å². The highest BCUT2D eigenvalue weighted by Crippen LogP contribution is 2.32. The van der Waals surface area contributed by atoms with E-state index in [0.29, 0.717) is 13.1 Å². The second kappa shape index (κ2) is 5.83. The van der Waals surface area contributed by atoms with Crippen molar-refractivity contribution in [3.05, 3.63) is 35.4 Å². The molecule has 1 aliphatic rings. The number of carbonyl (C=O) groups is 1. The monoisotopic (exact) mass is 286 g/mol. The molecule has 0 radical (unpaired) electrons. The molecule has 1 aliphatic heterocycles. The highest BCUT2D eigenvalue weighted by molar-refractivity contribution is 5.96. The SMILES string of the molecule is CCN(C(=O)c1ccccc1C(F)(F)F)C1CCNC1. The molecule has 1 atom stereocenters. The lowest BCUT2D eigenvalue weighted by molar-refractivity contribution is -0.138. The van der Waals surface area contributed by atoms with Crippen LogP contribution in [0.15, 0.2) is 24.3 Å². The minimum Gasteiger partial charge on any atom is -0.335 e. The van der Waals surface area contributed by atoms with Crippen molar-refractivity contribution in [3.8, 4) is 0 Å². The summed E-state index contributed by atoms with van der Waals surface area (Å²) < 4.78 is 38.9. The number of nitrogens with one attached hydrogen (secondary N) is 1. The van der Waals surface area contributed by atoms with Crippen LogP contribution >= 0.6 is 0 Å². The summed E-state index contributed by atoms with van der Waals surface area (Å²) in [5.74, 6) is -0.547. The maximum atomic E-state index is 13.0. The molecule has 1 heterocycles. The van der Waals surface area contributed by atoms with E-state index in [1.807, 2.05) is 0 Å². The van der Waals surface area contributed by atoms with Gasteiger partial charge in [0.1, 0.15) is 0 Å². The molecule has 1 amide bonds. The Labute approximate surface area is 115 Å². The summed E-state index contributed by atoms with van der Waals surface area (Å²) in [5.41, 5.74) is -1.14. The van der Waals surface area contributed by atoms with E-state index in [0.717, 1.165) is 19.0 Å². The average molecular weight is 286 g/mol. The van der Waals surface area contributed by atoms with Gasteiger partial charge in [-0.25, -0.2) is 0 Å². The van der Waals surface area contributed by atoms with Gasteiger partial charge in [-0.2, -0.15) is 13.2 Å². The number of likely N-dealkylation sites (N-methyl/N-ethyl adjacent to an activating group) is 1. The molecule has 0 saturated carbocycles. The Morgan fingerprint density at radius 2 is 2.10 bits per heavy atom. The van der Waals surface area contributed by atoms with Gasteiger partial charge in [0, 0.05) is 19.1 Å². The molecular weight excluding hydrogens is 269 g/mol. The molecular formula is C14H17F3N2O. The van der Waals surface area contributed by atoms with Gasteiger partial charge in [0.2, 0.25) is 0 Å². The fourth-order valence-corrected chi connectivity index (χ4v) is 2.54. The Hall–Kier alpha value is -1.56. The highest BCUT2D eigenvalue weighted by Gasteiger charge is 2.37. The van der Waals surface area contributed by atoms with Crippen LogP contribution in [-0.4, -0.2) is 36.5 Å². The summed E-state index contributed by atoms with van der Waals surface area (Å²) in [6.45, 7) is 3.60. The summed E-state index contributed by atoms with van der Waals surface area (Å²) in [7, 11) is 0. The van der Waals surface area contributed by atoms with Crippen molar-refractivity contribution in [1.29, 1.82) is 0 Å². The van der Waals surface area contributed by atoms with Crippen molar-refractivity contribution >= 4 is 5.91 Å². The van der Waals surface area contributed by atoms with Crippen molar-refractivity contribution in [2.75, 3.05) is 19.6 Å². The van der Waals surface area contributed by atoms with Crippen molar-refractivity contribution in [2.24, 2.45) is 0 Å². The van der Waals surface area contributed by atoms with E-state index < -0.39 is 17.6 Å². The fraction of sp³-hybridized carbons (Fsp3) is 0.500. The Morgan fingerprint density at radius 3 is 2.65 bits per heavy atom. The van der Waals surface area contributed by atoms with Crippen LogP contribution in [0.2, 0.25) is 0 Å². The fourth-order valence-electron chi connectivity index (χ4n) is 2.54. The number of carbonyl (C=O) groups excluding carboxylic acids is 1. The molecule has 110 valence electrons. The van der Waals surface area contributed by atoms with Gasteiger partial charge in [-0.3, -0.25) is 4.79 Å². The molecule has 20 heavy (non-hydrogen) atoms. The number of hydrogen-bond acceptors (Lipinski definition) is 2. The van der Waals surface area contributed by atoms with E-state index in [2.05, 4.69) is 5.32 Å². The molecule has 1 N–H and O–H groups in total. The lowest BCUT2D eigenvalue weighted by Gasteiger charge is -2.28. The zero-order valence-corrected chi connectivity index (χ0v) is 11.2. The van der Waals surface area contributed by atoms with Gasteiger partial charge in [-0.05, 0) is 32.0 Å². The number of halogens is 3. The minimum atomic E-state index is -4.51. The predicted octanol–water partition coefficient (Wildman–Crippen LogP) is 2.53. The lowest BCUT2D eigenvalue weighted by Crippen LogP contribution is -2.42. The molecule has 1 fully saturated rings. The van der Waals surface area contributed by atoms with Crippen molar-refractivity contribution in [1.82, 2.24) is 10.2 Å². The zero-order chi connectivity index (χ0) is 14.8. The first-order valence-corrected chi connectivity index (χ1v) is 6.63. The number of hydrogen-bond donors (Lipinski definition) is 1. The number of amides is 1. The Morgan fingerprint density at radius 1 is 1.40 bits per heavy atom. The van der Waals surface area contributed by atoms with E-state index in [1.54, 1.807) is 6.92 Å². The topological polar surface area (TPSA) is 32.3 Å². The third kappa shape index (κ3) is 2.95. The van der Waals surface area contributed by atoms with E-state index in [4.69, 9.17) is 0 Å². The summed E-state index contributed by atoms with van der Waals surface area (Å²) in [4.78, 5) is 13.9. The van der Waals surface area contributed by atoms with Crippen LogP contribution in [0.1, 0.15) is 29.3 Å². The Bertz CT molecular complexity index is 482. The Balaban J connectivity index is 2.32. The van der Waals surface area contributed by atoms with E-state index >= 15 is 0 Å². The van der Waals surface area contributed by atoms with Crippen molar-refractivity contribution < 1.29 is 18.0 Å². The Kier molecular flexibility index (Phi) is 4.32. The van der Waals surface area contributed by atoms with Gasteiger partial charge in [-0.15, -0.1) is 0 Å². The molecule has 0 bridgehead atoms. The van der Waals surface area contributed by atoms with Gasteiger partial charge in [0.15, 0.2) is 0 Å². The maximum Gasteiger partial charge on any atom is 0.417 e. The van der Waals surface area contributed by atoms with Gasteiger partial charge < -0.3 is 10.2 Å². The first-order valence-electron chi connectivity index (χ1n) is 6.63. The maximum absolute atomic E-state index is 13.0. The van der Waals surface area contributed by atoms with Gasteiger partial charge >= 0.3 is 6.18 Å². The third-order valence-corrected chi connectivity index (χ3v) is 3.54. The first kappa shape index (κ1) is 14.8. The summed E-state index contributed by atoms with van der Waals surface area (Å²) in [6, 6.07) is 4.93. The van der Waals surface area contributed by atoms with E-state index in [1.165, 1.54) is 23.1 Å². The lowest BCUT2D eigenvalue weighted by atomic mass is 10.0. The van der Waals surface area contributed by atoms with Crippen molar-refractivity contribution in [2.45, 2.75) is 25.6 Å². The van der Waals surface area contributed by atoms with Crippen LogP contribution in [0, 0.1) is 0 Å². The summed E-state index contributed by atoms with van der Waals surface area (Å²) in [5, 5.41) is 3.12. The summed E-state index contributed by atoms with van der Waals surface area (Å²) >= 11 is 0. The van der Waals surface area contributed by atoms with E-state index in [9.17, 15) is 18.0 Å². The van der Waals surface area contributed by atoms with Gasteiger partial charge in [-0.1, -0.05) is 12.1 Å². The van der Waals surface area contributed by atoms with Crippen LogP contribution in [0.4, 0.5) is 13.2 Å². The number of nitrogens with zero attached hydrogens (tertiary/aromatic N) is 1. The van der Waals surface area contributed by atoms with Crippen LogP contribution in [-0.2, 0) is 6.18 Å². The molecule has 6 heteroatoms. The summed E-state index contributed by atoms with van der Waals surface area (Å²) in [6.07, 6.45) is -3.74. The van der Waals surface area contributed by atoms with Crippen LogP contribution in [0.3, 0.4) is 0 Å². The molecule has 2 rings (SSSR count). The third-order valence-electron chi connectivity index (χ3n) is 3.54. The molecule has 0 spiro atoms. The normalized spacial score (nSPS) is 19.1. The molecule has 3 nitrogen and oxygen atoms in total. The second-order valence-electron chi connectivity index (χ2n) is 4.78. The number of benzene rings is 1. The number of rotatable bonds is 3. The molecule has 1 saturated heterocycles. The standard InChI is InChI=1S/C14H17F3N2O/c1-2-19(10-7-8-18-9-10)13(20)11-5-3-4-6-12(11)14(15,16)17/h3-6,10,18H,2,7-9H2,1H3. The predicted molar refractivity (Wildman–Crippen MR) is 69.4 cm³/mol. The average Bonchev–Trinajstić information content (AvgIpc) is 2.92. The second-order valence-corrected chi connectivity index (χ2v) is 4.78. The highest BCUT2D eigenvalue weighted by atomic mass is 19.4.